The van der Waals surface area contributed by atoms with Crippen LogP contribution in [0.1, 0.15) is 48.6 Å². The van der Waals surface area contributed by atoms with Crippen molar-refractivity contribution in [3.05, 3.63) is 34.0 Å². The van der Waals surface area contributed by atoms with Gasteiger partial charge in [0.2, 0.25) is 0 Å². The zero-order chi connectivity index (χ0) is 20.1. The molecular formula is C21H34IN7S. The first-order valence-electron chi connectivity index (χ1n) is 10.8. The number of aliphatic imine (C=N–C) groups is 1. The SMILES string of the molecule is Cc1nnc(CN=C(NCCc2cccs2)NC2CCN(C3CCCC3)C2)n1C.I. The third kappa shape index (κ3) is 6.16. The van der Waals surface area contributed by atoms with Crippen LogP contribution in [0.3, 0.4) is 0 Å². The summed E-state index contributed by atoms with van der Waals surface area (Å²) in [7, 11) is 1.99. The number of halogens is 1. The van der Waals surface area contributed by atoms with Crippen molar-refractivity contribution in [1.82, 2.24) is 30.3 Å². The summed E-state index contributed by atoms with van der Waals surface area (Å²) >= 11 is 1.81. The van der Waals surface area contributed by atoms with Crippen molar-refractivity contribution in [2.75, 3.05) is 19.6 Å². The molecule has 1 aliphatic heterocycles. The molecule has 2 fully saturated rings. The van der Waals surface area contributed by atoms with E-state index in [1.165, 1.54) is 43.5 Å². The second kappa shape index (κ2) is 11.4. The van der Waals surface area contributed by atoms with Crippen LogP contribution >= 0.6 is 35.3 Å². The van der Waals surface area contributed by atoms with E-state index in [0.717, 1.165) is 43.2 Å². The van der Waals surface area contributed by atoms with Gasteiger partial charge in [-0.05, 0) is 44.1 Å². The van der Waals surface area contributed by atoms with E-state index < -0.39 is 0 Å². The van der Waals surface area contributed by atoms with Crippen molar-refractivity contribution in [3.8, 4) is 0 Å². The molecule has 1 unspecified atom stereocenters. The van der Waals surface area contributed by atoms with E-state index in [2.05, 4.69) is 43.2 Å². The summed E-state index contributed by atoms with van der Waals surface area (Å²) in [6, 6.07) is 5.57. The fourth-order valence-corrected chi connectivity index (χ4v) is 5.06. The summed E-state index contributed by atoms with van der Waals surface area (Å²) in [5.41, 5.74) is 0. The van der Waals surface area contributed by atoms with Gasteiger partial charge in [-0.15, -0.1) is 45.5 Å². The molecule has 2 aromatic heterocycles. The monoisotopic (exact) mass is 543 g/mol. The quantitative estimate of drug-likeness (QED) is 0.319. The Bertz CT molecular complexity index is 798. The van der Waals surface area contributed by atoms with Crippen molar-refractivity contribution < 1.29 is 0 Å². The van der Waals surface area contributed by atoms with E-state index >= 15 is 0 Å². The zero-order valence-corrected chi connectivity index (χ0v) is 21.2. The number of nitrogens with zero attached hydrogens (tertiary/aromatic N) is 5. The normalized spacial score (nSPS) is 20.5. The van der Waals surface area contributed by atoms with Crippen molar-refractivity contribution in [2.24, 2.45) is 12.0 Å². The Labute approximate surface area is 200 Å². The molecule has 7 nitrogen and oxygen atoms in total. The highest BCUT2D eigenvalue weighted by Gasteiger charge is 2.30. The smallest absolute Gasteiger partial charge is 0.191 e. The molecule has 1 aliphatic carbocycles. The van der Waals surface area contributed by atoms with E-state index in [0.29, 0.717) is 12.6 Å². The predicted octanol–water partition coefficient (Wildman–Crippen LogP) is 3.10. The van der Waals surface area contributed by atoms with E-state index in [9.17, 15) is 0 Å². The first-order valence-corrected chi connectivity index (χ1v) is 11.7. The van der Waals surface area contributed by atoms with E-state index in [4.69, 9.17) is 4.99 Å². The van der Waals surface area contributed by atoms with Crippen LogP contribution in [0.2, 0.25) is 0 Å². The number of aryl methyl sites for hydroxylation is 1. The highest BCUT2D eigenvalue weighted by atomic mass is 127. The Balaban J connectivity index is 0.00000256. The Morgan fingerprint density at radius 3 is 2.80 bits per heavy atom. The number of thiophene rings is 1. The van der Waals surface area contributed by atoms with Crippen molar-refractivity contribution in [1.29, 1.82) is 0 Å². The Morgan fingerprint density at radius 1 is 1.27 bits per heavy atom. The number of nitrogens with one attached hydrogen (secondary N) is 2. The Hall–Kier alpha value is -1.20. The summed E-state index contributed by atoms with van der Waals surface area (Å²) in [5.74, 6) is 2.69. The second-order valence-electron chi connectivity index (χ2n) is 8.21. The number of likely N-dealkylation sites (tertiary alicyclic amines) is 1. The van der Waals surface area contributed by atoms with Crippen LogP contribution < -0.4 is 10.6 Å². The van der Waals surface area contributed by atoms with Crippen molar-refractivity contribution >= 4 is 41.3 Å². The second-order valence-corrected chi connectivity index (χ2v) is 9.24. The maximum atomic E-state index is 4.83. The molecule has 0 radical (unpaired) electrons. The molecule has 2 aliphatic rings. The molecule has 3 heterocycles. The van der Waals surface area contributed by atoms with E-state index in [1.54, 1.807) is 0 Å². The molecule has 0 spiro atoms. The molecule has 4 rings (SSSR count). The number of guanidine groups is 1. The van der Waals surface area contributed by atoms with Crippen LogP contribution in [0.25, 0.3) is 0 Å². The lowest BCUT2D eigenvalue weighted by atomic mass is 10.2. The van der Waals surface area contributed by atoms with Crippen LogP contribution in [0.5, 0.6) is 0 Å². The van der Waals surface area contributed by atoms with Gasteiger partial charge in [-0.3, -0.25) is 4.90 Å². The summed E-state index contributed by atoms with van der Waals surface area (Å²) in [5, 5.41) is 17.8. The summed E-state index contributed by atoms with van der Waals surface area (Å²) in [4.78, 5) is 8.91. The predicted molar refractivity (Wildman–Crippen MR) is 134 cm³/mol. The largest absolute Gasteiger partial charge is 0.356 e. The molecule has 1 atom stereocenters. The number of rotatable bonds is 7. The van der Waals surface area contributed by atoms with Gasteiger partial charge in [0.25, 0.3) is 0 Å². The van der Waals surface area contributed by atoms with Crippen LogP contribution in [0, 0.1) is 6.92 Å². The zero-order valence-electron chi connectivity index (χ0n) is 18.0. The van der Waals surface area contributed by atoms with Gasteiger partial charge < -0.3 is 15.2 Å². The van der Waals surface area contributed by atoms with Gasteiger partial charge in [-0.2, -0.15) is 0 Å². The lowest BCUT2D eigenvalue weighted by molar-refractivity contribution is 0.242. The number of hydrogen-bond acceptors (Lipinski definition) is 5. The first-order chi connectivity index (χ1) is 14.2. The fourth-order valence-electron chi connectivity index (χ4n) is 4.35. The molecular weight excluding hydrogens is 509 g/mol. The Morgan fingerprint density at radius 2 is 2.10 bits per heavy atom. The average molecular weight is 544 g/mol. The topological polar surface area (TPSA) is 70.4 Å². The summed E-state index contributed by atoms with van der Waals surface area (Å²) in [6.07, 6.45) is 7.74. The molecule has 1 saturated heterocycles. The molecule has 30 heavy (non-hydrogen) atoms. The standard InChI is InChI=1S/C21H33N7S.HI/c1-16-25-26-20(27(16)2)14-23-21(22-11-9-19-8-5-13-29-19)24-17-10-12-28(15-17)18-6-3-4-7-18;/h5,8,13,17-18H,3-4,6-7,9-12,14-15H2,1-2H3,(H2,22,23,24);1H. The van der Waals surface area contributed by atoms with Gasteiger partial charge in [0.15, 0.2) is 11.8 Å². The minimum absolute atomic E-state index is 0. The Kier molecular flexibility index (Phi) is 8.94. The van der Waals surface area contributed by atoms with Crippen molar-refractivity contribution in [2.45, 2.75) is 64.1 Å². The molecule has 0 bridgehead atoms. The molecule has 0 aromatic carbocycles. The van der Waals surface area contributed by atoms with Gasteiger partial charge in [-0.1, -0.05) is 18.9 Å². The van der Waals surface area contributed by atoms with Crippen LogP contribution in [0.4, 0.5) is 0 Å². The van der Waals surface area contributed by atoms with Crippen LogP contribution in [-0.2, 0) is 20.0 Å². The molecule has 2 aromatic rings. The minimum atomic E-state index is 0. The van der Waals surface area contributed by atoms with Gasteiger partial charge in [0.1, 0.15) is 12.4 Å². The summed E-state index contributed by atoms with van der Waals surface area (Å²) < 4.78 is 2.00. The first kappa shape index (κ1) is 23.5. The molecule has 2 N–H and O–H groups in total. The van der Waals surface area contributed by atoms with Gasteiger partial charge >= 0.3 is 0 Å². The number of aromatic nitrogens is 3. The average Bonchev–Trinajstić information content (AvgIpc) is 3.51. The lowest BCUT2D eigenvalue weighted by Crippen LogP contribution is -2.45. The third-order valence-corrected chi connectivity index (χ3v) is 7.14. The van der Waals surface area contributed by atoms with Gasteiger partial charge in [-0.25, -0.2) is 4.99 Å². The summed E-state index contributed by atoms with van der Waals surface area (Å²) in [6.45, 7) is 5.70. The van der Waals surface area contributed by atoms with Crippen molar-refractivity contribution in [3.63, 3.8) is 0 Å². The number of hydrogen-bond donors (Lipinski definition) is 2. The molecule has 166 valence electrons. The highest BCUT2D eigenvalue weighted by molar-refractivity contribution is 14.0. The molecule has 9 heteroatoms. The molecule has 1 saturated carbocycles. The van der Waals surface area contributed by atoms with Crippen LogP contribution in [0.15, 0.2) is 22.5 Å². The van der Waals surface area contributed by atoms with E-state index in [1.807, 2.05) is 29.9 Å². The maximum absolute atomic E-state index is 4.83. The van der Waals surface area contributed by atoms with E-state index in [-0.39, 0.29) is 24.0 Å². The van der Waals surface area contributed by atoms with Gasteiger partial charge in [0, 0.05) is 43.6 Å². The fraction of sp³-hybridized carbons (Fsp3) is 0.667. The molecule has 0 amide bonds. The third-order valence-electron chi connectivity index (χ3n) is 6.21. The maximum Gasteiger partial charge on any atom is 0.191 e. The minimum Gasteiger partial charge on any atom is -0.356 e. The lowest BCUT2D eigenvalue weighted by Gasteiger charge is -2.24. The van der Waals surface area contributed by atoms with Gasteiger partial charge in [0.05, 0.1) is 0 Å². The highest BCUT2D eigenvalue weighted by Crippen LogP contribution is 2.26. The van der Waals surface area contributed by atoms with Crippen LogP contribution in [-0.4, -0.2) is 57.3 Å².